The van der Waals surface area contributed by atoms with Crippen LogP contribution in [0.1, 0.15) is 30.6 Å². The summed E-state index contributed by atoms with van der Waals surface area (Å²) >= 11 is 0. The molecule has 0 aliphatic rings. The zero-order valence-corrected chi connectivity index (χ0v) is 15.2. The van der Waals surface area contributed by atoms with Crippen LogP contribution in [-0.2, 0) is 6.54 Å². The Balaban J connectivity index is 1.88. The number of rotatable bonds is 9. The van der Waals surface area contributed by atoms with Gasteiger partial charge in [0.2, 0.25) is 0 Å². The predicted molar refractivity (Wildman–Crippen MR) is 102 cm³/mol. The van der Waals surface area contributed by atoms with Gasteiger partial charge in [-0.25, -0.2) is 4.99 Å². The first-order valence-electron chi connectivity index (χ1n) is 8.87. The lowest BCUT2D eigenvalue weighted by molar-refractivity contribution is -0.0498. The van der Waals surface area contributed by atoms with Crippen LogP contribution in [0.15, 0.2) is 59.6 Å². The molecule has 2 rings (SSSR count). The zero-order valence-electron chi connectivity index (χ0n) is 15.2. The lowest BCUT2D eigenvalue weighted by atomic mass is 10.1. The van der Waals surface area contributed by atoms with Crippen molar-refractivity contribution in [1.82, 2.24) is 10.6 Å². The predicted octanol–water partition coefficient (Wildman–Crippen LogP) is 3.47. The highest BCUT2D eigenvalue weighted by atomic mass is 19.3. The van der Waals surface area contributed by atoms with Gasteiger partial charge in [-0.15, -0.1) is 0 Å². The number of nitrogens with zero attached hydrogens (tertiary/aromatic N) is 1. The van der Waals surface area contributed by atoms with Crippen molar-refractivity contribution in [1.29, 1.82) is 0 Å². The van der Waals surface area contributed by atoms with E-state index in [1.165, 1.54) is 6.07 Å². The molecule has 0 radical (unpaired) electrons. The zero-order chi connectivity index (χ0) is 19.5. The van der Waals surface area contributed by atoms with Gasteiger partial charge in [0.05, 0.1) is 12.6 Å². The Hall–Kier alpha value is -2.67. The van der Waals surface area contributed by atoms with Crippen molar-refractivity contribution in [2.24, 2.45) is 4.99 Å². The summed E-state index contributed by atoms with van der Waals surface area (Å²) in [6.07, 6.45) is -0.0173. The van der Waals surface area contributed by atoms with E-state index in [2.05, 4.69) is 20.4 Å². The van der Waals surface area contributed by atoms with E-state index in [1.54, 1.807) is 18.2 Å². The van der Waals surface area contributed by atoms with Gasteiger partial charge in [0.1, 0.15) is 5.75 Å². The van der Waals surface area contributed by atoms with Crippen LogP contribution in [0.25, 0.3) is 0 Å². The quantitative estimate of drug-likeness (QED) is 0.462. The minimum absolute atomic E-state index is 0.113. The third kappa shape index (κ3) is 7.62. The maximum Gasteiger partial charge on any atom is 0.387 e. The molecule has 0 saturated carbocycles. The molecule has 2 aromatic carbocycles. The number of ether oxygens (including phenoxy) is 1. The molecule has 2 aromatic rings. The van der Waals surface area contributed by atoms with Crippen LogP contribution in [0.4, 0.5) is 8.78 Å². The maximum absolute atomic E-state index is 12.3. The summed E-state index contributed by atoms with van der Waals surface area (Å²) in [5.41, 5.74) is 1.63. The smallest absolute Gasteiger partial charge is 0.387 e. The fourth-order valence-corrected chi connectivity index (χ4v) is 2.50. The Kier molecular flexibility index (Phi) is 8.51. The van der Waals surface area contributed by atoms with E-state index in [0.29, 0.717) is 32.0 Å². The number of hydrogen-bond acceptors (Lipinski definition) is 3. The molecule has 3 N–H and O–H groups in total. The number of guanidine groups is 1. The van der Waals surface area contributed by atoms with Gasteiger partial charge in [-0.1, -0.05) is 42.5 Å². The van der Waals surface area contributed by atoms with Gasteiger partial charge >= 0.3 is 6.61 Å². The van der Waals surface area contributed by atoms with E-state index in [4.69, 9.17) is 0 Å². The first-order chi connectivity index (χ1) is 13.1. The number of halogens is 2. The Morgan fingerprint density at radius 3 is 2.59 bits per heavy atom. The van der Waals surface area contributed by atoms with Crippen LogP contribution in [0.3, 0.4) is 0 Å². The minimum atomic E-state index is -2.85. The highest BCUT2D eigenvalue weighted by Crippen LogP contribution is 2.17. The van der Waals surface area contributed by atoms with Gasteiger partial charge in [-0.05, 0) is 36.6 Å². The van der Waals surface area contributed by atoms with Crippen LogP contribution in [0.2, 0.25) is 0 Å². The number of benzene rings is 2. The molecule has 0 heterocycles. The lowest BCUT2D eigenvalue weighted by Gasteiger charge is -2.14. The lowest BCUT2D eigenvalue weighted by Crippen LogP contribution is -2.38. The fraction of sp³-hybridized carbons (Fsp3) is 0.350. The van der Waals surface area contributed by atoms with E-state index in [-0.39, 0.29) is 5.75 Å². The Morgan fingerprint density at radius 1 is 1.11 bits per heavy atom. The van der Waals surface area contributed by atoms with Crippen LogP contribution < -0.4 is 15.4 Å². The summed E-state index contributed by atoms with van der Waals surface area (Å²) in [6.45, 7) is 0.640. The number of aliphatic hydroxyl groups excluding tert-OH is 1. The second-order valence-corrected chi connectivity index (χ2v) is 5.86. The molecule has 5 nitrogen and oxygen atoms in total. The highest BCUT2D eigenvalue weighted by molar-refractivity contribution is 5.79. The summed E-state index contributed by atoms with van der Waals surface area (Å²) in [5.74, 6) is 0.708. The molecule has 0 bridgehead atoms. The molecule has 7 heteroatoms. The van der Waals surface area contributed by atoms with E-state index < -0.39 is 12.7 Å². The van der Waals surface area contributed by atoms with Gasteiger partial charge in [-0.2, -0.15) is 8.78 Å². The normalized spacial score (nSPS) is 12.7. The van der Waals surface area contributed by atoms with Crippen molar-refractivity contribution >= 4 is 5.96 Å². The van der Waals surface area contributed by atoms with Crippen molar-refractivity contribution in [2.75, 3.05) is 13.1 Å². The molecule has 1 unspecified atom stereocenters. The van der Waals surface area contributed by atoms with Crippen LogP contribution >= 0.6 is 0 Å². The van der Waals surface area contributed by atoms with Crippen molar-refractivity contribution < 1.29 is 18.6 Å². The Bertz CT molecular complexity index is 711. The number of aliphatic hydroxyl groups is 1. The number of aliphatic imine (C=N–C) groups is 1. The standard InChI is InChI=1S/C20H25F2N3O2/c1-2-23-20(24-12-11-18(26)16-8-4-3-5-9-16)25-14-15-7-6-10-17(13-15)27-19(21)22/h3-10,13,18-19,26H,2,11-12,14H2,1H3,(H2,23,24,25). The summed E-state index contributed by atoms with van der Waals surface area (Å²) in [7, 11) is 0. The van der Waals surface area contributed by atoms with Gasteiger partial charge in [0.15, 0.2) is 5.96 Å². The van der Waals surface area contributed by atoms with E-state index >= 15 is 0 Å². The summed E-state index contributed by atoms with van der Waals surface area (Å²) in [4.78, 5) is 4.44. The average molecular weight is 377 g/mol. The molecule has 0 saturated heterocycles. The highest BCUT2D eigenvalue weighted by Gasteiger charge is 2.07. The van der Waals surface area contributed by atoms with E-state index in [1.807, 2.05) is 37.3 Å². The van der Waals surface area contributed by atoms with Crippen LogP contribution in [-0.4, -0.2) is 30.8 Å². The third-order valence-corrected chi connectivity index (χ3v) is 3.78. The molecule has 0 fully saturated rings. The van der Waals surface area contributed by atoms with Gasteiger partial charge < -0.3 is 20.5 Å². The molecule has 0 spiro atoms. The molecule has 0 aliphatic carbocycles. The SMILES string of the molecule is CCNC(=NCc1cccc(OC(F)F)c1)NCCC(O)c1ccccc1. The van der Waals surface area contributed by atoms with Crippen molar-refractivity contribution in [3.63, 3.8) is 0 Å². The summed E-state index contributed by atoms with van der Waals surface area (Å²) in [6, 6.07) is 15.9. The maximum atomic E-state index is 12.3. The molecular formula is C20H25F2N3O2. The molecule has 0 aromatic heterocycles. The first-order valence-corrected chi connectivity index (χ1v) is 8.87. The van der Waals surface area contributed by atoms with Crippen molar-refractivity contribution in [3.8, 4) is 5.75 Å². The third-order valence-electron chi connectivity index (χ3n) is 3.78. The van der Waals surface area contributed by atoms with Crippen LogP contribution in [0, 0.1) is 0 Å². The molecule has 1 atom stereocenters. The van der Waals surface area contributed by atoms with E-state index in [0.717, 1.165) is 11.1 Å². The second-order valence-electron chi connectivity index (χ2n) is 5.86. The molecule has 27 heavy (non-hydrogen) atoms. The molecular weight excluding hydrogens is 352 g/mol. The number of alkyl halides is 2. The number of hydrogen-bond donors (Lipinski definition) is 3. The number of nitrogens with one attached hydrogen (secondary N) is 2. The van der Waals surface area contributed by atoms with Gasteiger partial charge in [0, 0.05) is 13.1 Å². The average Bonchev–Trinajstić information content (AvgIpc) is 2.66. The monoisotopic (exact) mass is 377 g/mol. The van der Waals surface area contributed by atoms with Crippen molar-refractivity contribution in [3.05, 3.63) is 65.7 Å². The molecule has 146 valence electrons. The molecule has 0 amide bonds. The van der Waals surface area contributed by atoms with Gasteiger partial charge in [-0.3, -0.25) is 0 Å². The van der Waals surface area contributed by atoms with E-state index in [9.17, 15) is 13.9 Å². The topological polar surface area (TPSA) is 65.9 Å². The fourth-order valence-electron chi connectivity index (χ4n) is 2.50. The largest absolute Gasteiger partial charge is 0.435 e. The van der Waals surface area contributed by atoms with Crippen LogP contribution in [0.5, 0.6) is 5.75 Å². The molecule has 0 aliphatic heterocycles. The van der Waals surface area contributed by atoms with Gasteiger partial charge in [0.25, 0.3) is 0 Å². The summed E-state index contributed by atoms with van der Waals surface area (Å²) < 4.78 is 29.0. The minimum Gasteiger partial charge on any atom is -0.435 e. The Labute approximate surface area is 158 Å². The van der Waals surface area contributed by atoms with Crippen molar-refractivity contribution in [2.45, 2.75) is 32.6 Å². The second kappa shape index (κ2) is 11.1. The Morgan fingerprint density at radius 2 is 1.89 bits per heavy atom. The summed E-state index contributed by atoms with van der Waals surface area (Å²) in [5, 5.41) is 16.5. The first kappa shape index (κ1) is 20.6.